The van der Waals surface area contributed by atoms with Gasteiger partial charge in [-0.05, 0) is 42.2 Å². The number of hydrogen-bond acceptors (Lipinski definition) is 2. The van der Waals surface area contributed by atoms with Gasteiger partial charge in [0.1, 0.15) is 6.04 Å². The highest BCUT2D eigenvalue weighted by Gasteiger charge is 2.20. The van der Waals surface area contributed by atoms with Crippen LogP contribution in [0.1, 0.15) is 28.3 Å². The number of anilines is 1. The maximum Gasteiger partial charge on any atom is 0.246 e. The van der Waals surface area contributed by atoms with Crippen molar-refractivity contribution in [1.82, 2.24) is 5.32 Å². The van der Waals surface area contributed by atoms with E-state index >= 15 is 0 Å². The second-order valence-electron chi connectivity index (χ2n) is 6.52. The minimum Gasteiger partial charge on any atom is -0.324 e. The quantitative estimate of drug-likeness (QED) is 0.676. The molecule has 132 valence electrons. The van der Waals surface area contributed by atoms with E-state index in [0.29, 0.717) is 6.54 Å². The maximum absolute atomic E-state index is 13.0. The molecule has 1 atom stereocenters. The van der Waals surface area contributed by atoms with E-state index < -0.39 is 6.04 Å². The number of carbonyl (C=O) groups excluding carboxylic acids is 1. The molecule has 0 radical (unpaired) electrons. The summed E-state index contributed by atoms with van der Waals surface area (Å²) in [4.78, 5) is 13.0. The SMILES string of the molecule is Cc1ccc(C)c(NC(=O)[C@H](NCc2ccccc2)c2ccccc2)c1. The number of aryl methyl sites for hydroxylation is 2. The van der Waals surface area contributed by atoms with Crippen LogP contribution in [0.15, 0.2) is 78.9 Å². The molecule has 0 aliphatic carbocycles. The lowest BCUT2D eigenvalue weighted by Crippen LogP contribution is -2.33. The Kier molecular flexibility index (Phi) is 5.82. The predicted molar refractivity (Wildman–Crippen MR) is 107 cm³/mol. The van der Waals surface area contributed by atoms with E-state index in [0.717, 1.165) is 27.9 Å². The van der Waals surface area contributed by atoms with Crippen molar-refractivity contribution in [3.63, 3.8) is 0 Å². The van der Waals surface area contributed by atoms with Crippen molar-refractivity contribution >= 4 is 11.6 Å². The third-order valence-electron chi connectivity index (χ3n) is 4.40. The van der Waals surface area contributed by atoms with Gasteiger partial charge in [-0.3, -0.25) is 10.1 Å². The van der Waals surface area contributed by atoms with Gasteiger partial charge in [0, 0.05) is 12.2 Å². The summed E-state index contributed by atoms with van der Waals surface area (Å²) in [5, 5.41) is 6.48. The fraction of sp³-hybridized carbons (Fsp3) is 0.174. The Morgan fingerprint density at radius 3 is 2.23 bits per heavy atom. The van der Waals surface area contributed by atoms with Crippen molar-refractivity contribution in [2.24, 2.45) is 0 Å². The summed E-state index contributed by atoms with van der Waals surface area (Å²) in [6, 6.07) is 25.6. The summed E-state index contributed by atoms with van der Waals surface area (Å²) in [5.74, 6) is -0.0548. The summed E-state index contributed by atoms with van der Waals surface area (Å²) in [6.45, 7) is 4.65. The zero-order valence-corrected chi connectivity index (χ0v) is 15.2. The molecular formula is C23H24N2O. The highest BCUT2D eigenvalue weighted by atomic mass is 16.2. The van der Waals surface area contributed by atoms with E-state index in [1.165, 1.54) is 0 Å². The van der Waals surface area contributed by atoms with Gasteiger partial charge in [-0.1, -0.05) is 72.8 Å². The fourth-order valence-corrected chi connectivity index (χ4v) is 2.90. The number of amides is 1. The molecule has 3 nitrogen and oxygen atoms in total. The van der Waals surface area contributed by atoms with Gasteiger partial charge >= 0.3 is 0 Å². The molecule has 0 aliphatic heterocycles. The van der Waals surface area contributed by atoms with Gasteiger partial charge in [-0.25, -0.2) is 0 Å². The summed E-state index contributed by atoms with van der Waals surface area (Å²) in [7, 11) is 0. The van der Waals surface area contributed by atoms with Gasteiger partial charge in [0.2, 0.25) is 5.91 Å². The fourth-order valence-electron chi connectivity index (χ4n) is 2.90. The first-order valence-corrected chi connectivity index (χ1v) is 8.84. The topological polar surface area (TPSA) is 41.1 Å². The summed E-state index contributed by atoms with van der Waals surface area (Å²) < 4.78 is 0. The van der Waals surface area contributed by atoms with Crippen molar-refractivity contribution in [2.75, 3.05) is 5.32 Å². The number of benzene rings is 3. The van der Waals surface area contributed by atoms with Crippen molar-refractivity contribution in [3.05, 3.63) is 101 Å². The summed E-state index contributed by atoms with van der Waals surface area (Å²) in [6.07, 6.45) is 0. The molecule has 0 aromatic heterocycles. The standard InChI is InChI=1S/C23H24N2O/c1-17-13-14-18(2)21(15-17)25-23(26)22(20-11-7-4-8-12-20)24-16-19-9-5-3-6-10-19/h3-15,22,24H,16H2,1-2H3,(H,25,26)/t22-/m1/s1. The first-order chi connectivity index (χ1) is 12.6. The molecule has 0 fully saturated rings. The molecule has 26 heavy (non-hydrogen) atoms. The van der Waals surface area contributed by atoms with Crippen molar-refractivity contribution in [2.45, 2.75) is 26.4 Å². The molecule has 0 bridgehead atoms. The smallest absolute Gasteiger partial charge is 0.246 e. The van der Waals surface area contributed by atoms with Crippen LogP contribution >= 0.6 is 0 Å². The van der Waals surface area contributed by atoms with Crippen LogP contribution in [0.25, 0.3) is 0 Å². The van der Waals surface area contributed by atoms with Gasteiger partial charge < -0.3 is 5.32 Å². The van der Waals surface area contributed by atoms with Gasteiger partial charge in [0.15, 0.2) is 0 Å². The summed E-state index contributed by atoms with van der Waals surface area (Å²) in [5.41, 5.74) is 5.13. The van der Waals surface area contributed by atoms with Gasteiger partial charge in [-0.15, -0.1) is 0 Å². The average Bonchev–Trinajstić information content (AvgIpc) is 2.66. The highest BCUT2D eigenvalue weighted by Crippen LogP contribution is 2.20. The van der Waals surface area contributed by atoms with E-state index in [1.807, 2.05) is 80.6 Å². The van der Waals surface area contributed by atoms with Crippen LogP contribution in [0.3, 0.4) is 0 Å². The summed E-state index contributed by atoms with van der Waals surface area (Å²) >= 11 is 0. The van der Waals surface area contributed by atoms with Crippen molar-refractivity contribution in [3.8, 4) is 0 Å². The Labute approximate surface area is 155 Å². The third kappa shape index (κ3) is 4.58. The second-order valence-corrected chi connectivity index (χ2v) is 6.52. The molecule has 0 saturated carbocycles. The van der Waals surface area contributed by atoms with Crippen LogP contribution in [0.4, 0.5) is 5.69 Å². The second kappa shape index (κ2) is 8.45. The Hall–Kier alpha value is -2.91. The van der Waals surface area contributed by atoms with E-state index in [-0.39, 0.29) is 5.91 Å². The Bertz CT molecular complexity index is 860. The van der Waals surface area contributed by atoms with Crippen LogP contribution in [0, 0.1) is 13.8 Å². The predicted octanol–water partition coefficient (Wildman–Crippen LogP) is 4.77. The number of nitrogens with one attached hydrogen (secondary N) is 2. The van der Waals surface area contributed by atoms with Gasteiger partial charge in [0.25, 0.3) is 0 Å². The molecule has 0 unspecified atom stereocenters. The molecule has 0 saturated heterocycles. The van der Waals surface area contributed by atoms with E-state index in [9.17, 15) is 4.79 Å². The minimum absolute atomic E-state index is 0.0548. The molecule has 2 N–H and O–H groups in total. The van der Waals surface area contributed by atoms with Crippen LogP contribution in [0.5, 0.6) is 0 Å². The Balaban J connectivity index is 1.80. The lowest BCUT2D eigenvalue weighted by molar-refractivity contribution is -0.118. The molecule has 0 aliphatic rings. The molecule has 3 rings (SSSR count). The first-order valence-electron chi connectivity index (χ1n) is 8.84. The van der Waals surface area contributed by atoms with Gasteiger partial charge in [0.05, 0.1) is 0 Å². The largest absolute Gasteiger partial charge is 0.324 e. The zero-order chi connectivity index (χ0) is 18.4. The maximum atomic E-state index is 13.0. The minimum atomic E-state index is -0.420. The van der Waals surface area contributed by atoms with E-state index in [1.54, 1.807) is 0 Å². The molecule has 3 heteroatoms. The van der Waals surface area contributed by atoms with Crippen LogP contribution in [-0.2, 0) is 11.3 Å². The number of hydrogen-bond donors (Lipinski definition) is 2. The lowest BCUT2D eigenvalue weighted by atomic mass is 10.0. The van der Waals surface area contributed by atoms with E-state index in [2.05, 4.69) is 22.8 Å². The van der Waals surface area contributed by atoms with Gasteiger partial charge in [-0.2, -0.15) is 0 Å². The van der Waals surface area contributed by atoms with Crippen molar-refractivity contribution in [1.29, 1.82) is 0 Å². The highest BCUT2D eigenvalue weighted by molar-refractivity contribution is 5.96. The van der Waals surface area contributed by atoms with E-state index in [4.69, 9.17) is 0 Å². The molecule has 0 heterocycles. The number of rotatable bonds is 6. The van der Waals surface area contributed by atoms with Crippen molar-refractivity contribution < 1.29 is 4.79 Å². The lowest BCUT2D eigenvalue weighted by Gasteiger charge is -2.20. The molecule has 1 amide bonds. The Morgan fingerprint density at radius 1 is 0.885 bits per heavy atom. The number of carbonyl (C=O) groups is 1. The molecule has 3 aromatic carbocycles. The molecule has 3 aromatic rings. The molecule has 0 spiro atoms. The van der Waals surface area contributed by atoms with Crippen LogP contribution < -0.4 is 10.6 Å². The average molecular weight is 344 g/mol. The monoisotopic (exact) mass is 344 g/mol. The normalized spacial score (nSPS) is 11.8. The third-order valence-corrected chi connectivity index (χ3v) is 4.40. The Morgan fingerprint density at radius 2 is 1.54 bits per heavy atom. The first kappa shape index (κ1) is 17.9. The zero-order valence-electron chi connectivity index (χ0n) is 15.2. The molecular weight excluding hydrogens is 320 g/mol. The van der Waals surface area contributed by atoms with Crippen LogP contribution in [0.2, 0.25) is 0 Å². The van der Waals surface area contributed by atoms with Crippen LogP contribution in [-0.4, -0.2) is 5.91 Å².